The second kappa shape index (κ2) is 19.6. The largest absolute Gasteiger partial charge is 0.197 e. The van der Waals surface area contributed by atoms with E-state index < -0.39 is 0 Å². The van der Waals surface area contributed by atoms with E-state index in [0.717, 1.165) is 0 Å². The first-order valence-electron chi connectivity index (χ1n) is 0.167. The van der Waals surface area contributed by atoms with Crippen LogP contribution in [0.2, 0.25) is 0 Å². The molecule has 0 aromatic rings. The predicted molar refractivity (Wildman–Crippen MR) is 8.14 cm³/mol. The summed E-state index contributed by atoms with van der Waals surface area (Å²) < 4.78 is 7.83. The first-order valence-corrected chi connectivity index (χ1v) is 0.500. The van der Waals surface area contributed by atoms with Gasteiger partial charge in [0.2, 0.25) is 0 Å². The molecule has 0 fully saturated rings. The maximum Gasteiger partial charge on any atom is 0.197 e. The molecule has 0 saturated heterocycles. The van der Waals surface area contributed by atoms with Gasteiger partial charge in [0.25, 0.3) is 0 Å². The molecule has 0 aromatic heterocycles. The summed E-state index contributed by atoms with van der Waals surface area (Å²) >= 11 is 2.83. The summed E-state index contributed by atoms with van der Waals surface area (Å²) in [4.78, 5) is 0. The minimum Gasteiger partial charge on any atom is -0.197 e. The zero-order chi connectivity index (χ0) is 2.00. The van der Waals surface area contributed by atoms with E-state index >= 15 is 0 Å². The van der Waals surface area contributed by atoms with Crippen LogP contribution in [0.3, 0.4) is 0 Å². The molecular weight excluding hydrogens is 246 g/mol. The molecule has 22 valence electrons. The van der Waals surface area contributed by atoms with E-state index in [1.807, 2.05) is 0 Å². The molecule has 0 aliphatic rings. The summed E-state index contributed by atoms with van der Waals surface area (Å²) in [5.41, 5.74) is 0. The van der Waals surface area contributed by atoms with Crippen LogP contribution in [0.4, 0.5) is 0 Å². The Hall–Kier alpha value is 2.07. The molecule has 0 atom stereocenters. The van der Waals surface area contributed by atoms with Gasteiger partial charge in [0.1, 0.15) is 0 Å². The van der Waals surface area contributed by atoms with E-state index in [9.17, 15) is 0 Å². The third kappa shape index (κ3) is 8.95. The van der Waals surface area contributed by atoms with Gasteiger partial charge in [0.05, 0.1) is 0 Å². The van der Waals surface area contributed by atoms with Crippen LogP contribution < -0.4 is 0 Å². The topological polar surface area (TPSA) is 17.1 Å². The quantitative estimate of drug-likeness (QED) is 0.544. The molecule has 0 aliphatic carbocycles. The Morgan fingerprint density at radius 3 is 1.25 bits per heavy atom. The van der Waals surface area contributed by atoms with Crippen molar-refractivity contribution in [1.82, 2.24) is 0 Å². The molecule has 0 amide bonds. The summed E-state index contributed by atoms with van der Waals surface area (Å²) in [5, 5.41) is 0. The van der Waals surface area contributed by atoms with Crippen molar-refractivity contribution < 1.29 is 66.3 Å². The minimum atomic E-state index is 0. The molecule has 0 unspecified atom stereocenters. The van der Waals surface area contributed by atoms with Crippen molar-refractivity contribution in [1.29, 1.82) is 0 Å². The van der Waals surface area contributed by atoms with Gasteiger partial charge in [0, 0.05) is 62.1 Å². The van der Waals surface area contributed by atoms with Gasteiger partial charge in [0.15, 0.2) is 12.5 Å². The monoisotopic (exact) mass is 248 g/mol. The number of hydrogen-bond donors (Lipinski definition) is 0. The van der Waals surface area contributed by atoms with Crippen molar-refractivity contribution in [2.24, 2.45) is 0 Å². The van der Waals surface area contributed by atoms with E-state index in [2.05, 4.69) is 12.5 Å². The number of rotatable bonds is 0. The van der Waals surface area contributed by atoms with Gasteiger partial charge in [-0.05, 0) is 0 Å². The van der Waals surface area contributed by atoms with Crippen LogP contribution in [-0.4, -0.2) is 4.21 Å². The van der Waals surface area contributed by atoms with Crippen molar-refractivity contribution >= 4 is 12.5 Å². The first-order chi connectivity index (χ1) is 1.00. The van der Waals surface area contributed by atoms with Crippen molar-refractivity contribution in [2.75, 3.05) is 0 Å². The predicted octanol–water partition coefficient (Wildman–Crippen LogP) is -0.339. The Labute approximate surface area is 77.4 Å². The standard InChI is InChI=1S/OS.Sm.Ti/c1-2;;. The molecule has 0 heterocycles. The maximum absolute atomic E-state index is 7.83. The Bertz CT molecular complexity index is 8.00. The van der Waals surface area contributed by atoms with Crippen molar-refractivity contribution in [3.63, 3.8) is 0 Å². The van der Waals surface area contributed by atoms with Crippen LogP contribution in [0, 0.1) is 40.4 Å². The Morgan fingerprint density at radius 1 is 1.25 bits per heavy atom. The van der Waals surface area contributed by atoms with E-state index in [1.165, 1.54) is 0 Å². The molecule has 0 spiro atoms. The summed E-state index contributed by atoms with van der Waals surface area (Å²) in [5.74, 6) is 0. The molecule has 0 radical (unpaired) electrons. The van der Waals surface area contributed by atoms with E-state index in [1.54, 1.807) is 0 Å². The third-order valence-corrected chi connectivity index (χ3v) is 0. The van der Waals surface area contributed by atoms with Crippen molar-refractivity contribution in [3.8, 4) is 0 Å². The van der Waals surface area contributed by atoms with Crippen LogP contribution >= 0.6 is 0 Å². The molecule has 0 aromatic carbocycles. The van der Waals surface area contributed by atoms with Gasteiger partial charge >= 0.3 is 0 Å². The van der Waals surface area contributed by atoms with Gasteiger partial charge in [-0.3, -0.25) is 0 Å². The normalized spacial score (nSPS) is 1.00. The molecule has 0 bridgehead atoms. The molecule has 0 N–H and O–H groups in total. The molecule has 4 heteroatoms. The average Bonchev–Trinajstić information content (AvgIpc) is 1.00. The zero-order valence-corrected chi connectivity index (χ0v) is 6.72. The van der Waals surface area contributed by atoms with E-state index in [0.29, 0.717) is 0 Å². The van der Waals surface area contributed by atoms with Crippen molar-refractivity contribution in [3.05, 3.63) is 0 Å². The van der Waals surface area contributed by atoms with Crippen LogP contribution in [0.15, 0.2) is 0 Å². The van der Waals surface area contributed by atoms with Gasteiger partial charge in [-0.2, -0.15) is 4.21 Å². The molecule has 0 saturated carbocycles. The summed E-state index contributed by atoms with van der Waals surface area (Å²) in [6.07, 6.45) is 0. The maximum atomic E-state index is 7.83. The van der Waals surface area contributed by atoms with Gasteiger partial charge in [-0.25, -0.2) is 0 Å². The molecule has 0 rings (SSSR count). The van der Waals surface area contributed by atoms with Crippen molar-refractivity contribution in [2.45, 2.75) is 0 Å². The molecule has 4 heavy (non-hydrogen) atoms. The molecular formula is OSSmTi. The Balaban J connectivity index is -0.00000000500. The second-order valence-corrected chi connectivity index (χ2v) is 0. The minimum absolute atomic E-state index is 0. The summed E-state index contributed by atoms with van der Waals surface area (Å²) in [6.45, 7) is 0. The van der Waals surface area contributed by atoms with Crippen LogP contribution in [0.25, 0.3) is 0 Å². The second-order valence-electron chi connectivity index (χ2n) is 0. The zero-order valence-electron chi connectivity index (χ0n) is 1.72. The van der Waals surface area contributed by atoms with Gasteiger partial charge in [-0.15, -0.1) is 0 Å². The molecule has 0 aliphatic heterocycles. The molecule has 1 nitrogen and oxygen atoms in total. The van der Waals surface area contributed by atoms with Gasteiger partial charge < -0.3 is 0 Å². The van der Waals surface area contributed by atoms with E-state index in [-0.39, 0.29) is 62.1 Å². The van der Waals surface area contributed by atoms with Gasteiger partial charge in [-0.1, -0.05) is 0 Å². The fourth-order valence-electron chi connectivity index (χ4n) is 0. The fraction of sp³-hybridized carbons (Fsp3) is 0. The first kappa shape index (κ1) is 16.6. The Kier molecular flexibility index (Phi) is 81.1. The Morgan fingerprint density at radius 2 is 1.25 bits per heavy atom. The van der Waals surface area contributed by atoms with Crippen LogP contribution in [0.5, 0.6) is 0 Å². The summed E-state index contributed by atoms with van der Waals surface area (Å²) in [6, 6.07) is 0. The van der Waals surface area contributed by atoms with Crippen LogP contribution in [-0.2, 0) is 34.3 Å². The fourth-order valence-corrected chi connectivity index (χ4v) is 0. The number of hydrogen-bond acceptors (Lipinski definition) is 2. The van der Waals surface area contributed by atoms with Crippen LogP contribution in [0.1, 0.15) is 0 Å². The summed E-state index contributed by atoms with van der Waals surface area (Å²) in [7, 11) is 0. The van der Waals surface area contributed by atoms with E-state index in [4.69, 9.17) is 4.21 Å². The average molecular weight is 246 g/mol. The third-order valence-electron chi connectivity index (χ3n) is 0. The smallest absolute Gasteiger partial charge is 0.197 e. The SMILES string of the molecule is O=S.[Sm].[Ti].